The first-order chi connectivity index (χ1) is 7.41. The summed E-state index contributed by atoms with van der Waals surface area (Å²) in [5.74, 6) is -2.32. The van der Waals surface area contributed by atoms with Crippen LogP contribution in [0.3, 0.4) is 0 Å². The lowest BCUT2D eigenvalue weighted by Crippen LogP contribution is -2.15. The molecule has 0 saturated carbocycles. The van der Waals surface area contributed by atoms with Gasteiger partial charge in [-0.3, -0.25) is 0 Å². The molecule has 0 fully saturated rings. The van der Waals surface area contributed by atoms with Crippen molar-refractivity contribution < 1.29 is 13.2 Å². The Balaban J connectivity index is 0.00000256. The highest BCUT2D eigenvalue weighted by Crippen LogP contribution is 2.24. The molecule has 1 rings (SSSR count). The Morgan fingerprint density at radius 1 is 1.06 bits per heavy atom. The van der Waals surface area contributed by atoms with Gasteiger partial charge >= 0.3 is 0 Å². The van der Waals surface area contributed by atoms with Crippen molar-refractivity contribution in [3.05, 3.63) is 35.1 Å². The molecule has 5 heteroatoms. The second kappa shape index (κ2) is 6.87. The van der Waals surface area contributed by atoms with E-state index in [2.05, 4.69) is 0 Å². The van der Waals surface area contributed by atoms with Gasteiger partial charge in [-0.2, -0.15) is 0 Å². The molecule has 0 aliphatic carbocycles. The van der Waals surface area contributed by atoms with E-state index in [1.807, 2.05) is 13.8 Å². The topological polar surface area (TPSA) is 26.0 Å². The molecule has 0 spiro atoms. The van der Waals surface area contributed by atoms with Gasteiger partial charge in [0.1, 0.15) is 17.5 Å². The first-order valence-electron chi connectivity index (χ1n) is 5.31. The molecule has 0 radical (unpaired) electrons. The summed E-state index contributed by atoms with van der Waals surface area (Å²) in [5, 5.41) is 0. The molecular weight excluding hydrogens is 251 g/mol. The molecule has 1 aromatic rings. The number of hydrogen-bond acceptors (Lipinski definition) is 1. The number of nitrogens with two attached hydrogens (primary N) is 1. The van der Waals surface area contributed by atoms with Crippen LogP contribution in [0.4, 0.5) is 13.2 Å². The number of halogens is 4. The molecule has 98 valence electrons. The molecule has 0 unspecified atom stereocenters. The Labute approximate surface area is 106 Å². The summed E-state index contributed by atoms with van der Waals surface area (Å²) in [7, 11) is 0. The number of benzene rings is 1. The van der Waals surface area contributed by atoms with E-state index in [4.69, 9.17) is 5.73 Å². The van der Waals surface area contributed by atoms with E-state index in [1.165, 1.54) is 0 Å². The van der Waals surface area contributed by atoms with E-state index in [-0.39, 0.29) is 18.0 Å². The molecule has 0 aromatic heterocycles. The maximum atomic E-state index is 13.3. The first kappa shape index (κ1) is 16.3. The van der Waals surface area contributed by atoms with Gasteiger partial charge in [0, 0.05) is 23.7 Å². The maximum absolute atomic E-state index is 13.3. The summed E-state index contributed by atoms with van der Waals surface area (Å²) < 4.78 is 39.3. The molecule has 0 saturated heterocycles. The Kier molecular flexibility index (Phi) is 6.57. The number of rotatable bonds is 4. The Bertz CT molecular complexity index is 346. The van der Waals surface area contributed by atoms with Crippen LogP contribution in [0.1, 0.15) is 38.3 Å². The van der Waals surface area contributed by atoms with Crippen LogP contribution >= 0.6 is 12.4 Å². The minimum absolute atomic E-state index is 0. The molecule has 0 amide bonds. The van der Waals surface area contributed by atoms with Gasteiger partial charge in [-0.25, -0.2) is 13.2 Å². The van der Waals surface area contributed by atoms with Crippen molar-refractivity contribution in [1.29, 1.82) is 0 Å². The van der Waals surface area contributed by atoms with Gasteiger partial charge in [0.05, 0.1) is 0 Å². The molecule has 1 nitrogen and oxygen atoms in total. The lowest BCUT2D eigenvalue weighted by Gasteiger charge is -2.15. The predicted octanol–water partition coefficient (Wildman–Crippen LogP) is 3.96. The summed E-state index contributed by atoms with van der Waals surface area (Å²) in [6, 6.07) is 0.601. The zero-order chi connectivity index (χ0) is 12.3. The smallest absolute Gasteiger partial charge is 0.133 e. The van der Waals surface area contributed by atoms with Crippen molar-refractivity contribution in [2.24, 2.45) is 11.7 Å². The van der Waals surface area contributed by atoms with Gasteiger partial charge in [-0.05, 0) is 18.8 Å². The van der Waals surface area contributed by atoms with Gasteiger partial charge in [0.2, 0.25) is 0 Å². The first-order valence-corrected chi connectivity index (χ1v) is 5.31. The largest absolute Gasteiger partial charge is 0.324 e. The lowest BCUT2D eigenvalue weighted by atomic mass is 9.97. The Morgan fingerprint density at radius 2 is 1.53 bits per heavy atom. The van der Waals surface area contributed by atoms with Crippen molar-refractivity contribution in [1.82, 2.24) is 0 Å². The SMILES string of the molecule is CC(C)CC[C@@H](N)c1c(F)cc(F)cc1F.Cl. The van der Waals surface area contributed by atoms with E-state index < -0.39 is 23.5 Å². The minimum atomic E-state index is -0.921. The zero-order valence-corrected chi connectivity index (χ0v) is 10.7. The van der Waals surface area contributed by atoms with Gasteiger partial charge in [0.25, 0.3) is 0 Å². The fourth-order valence-electron chi connectivity index (χ4n) is 1.56. The van der Waals surface area contributed by atoms with Crippen molar-refractivity contribution in [2.45, 2.75) is 32.7 Å². The third kappa shape index (κ3) is 4.56. The van der Waals surface area contributed by atoms with Crippen LogP contribution in [-0.4, -0.2) is 0 Å². The van der Waals surface area contributed by atoms with Crippen LogP contribution in [0.25, 0.3) is 0 Å². The van der Waals surface area contributed by atoms with Gasteiger partial charge in [-0.1, -0.05) is 13.8 Å². The van der Waals surface area contributed by atoms with E-state index >= 15 is 0 Å². The second-order valence-corrected chi connectivity index (χ2v) is 4.36. The molecule has 17 heavy (non-hydrogen) atoms. The maximum Gasteiger partial charge on any atom is 0.133 e. The summed E-state index contributed by atoms with van der Waals surface area (Å²) in [6.45, 7) is 4.01. The summed E-state index contributed by atoms with van der Waals surface area (Å²) >= 11 is 0. The van der Waals surface area contributed by atoms with E-state index in [0.29, 0.717) is 24.5 Å². The highest BCUT2D eigenvalue weighted by molar-refractivity contribution is 5.85. The van der Waals surface area contributed by atoms with Crippen LogP contribution < -0.4 is 5.73 Å². The molecule has 0 aliphatic rings. The molecule has 0 bridgehead atoms. The van der Waals surface area contributed by atoms with Crippen LogP contribution in [0.5, 0.6) is 0 Å². The quantitative estimate of drug-likeness (QED) is 0.878. The fraction of sp³-hybridized carbons (Fsp3) is 0.500. The van der Waals surface area contributed by atoms with Gasteiger partial charge in [-0.15, -0.1) is 12.4 Å². The van der Waals surface area contributed by atoms with Crippen LogP contribution in [0.2, 0.25) is 0 Å². The second-order valence-electron chi connectivity index (χ2n) is 4.36. The molecule has 0 aliphatic heterocycles. The third-order valence-corrected chi connectivity index (χ3v) is 2.47. The van der Waals surface area contributed by atoms with Gasteiger partial charge < -0.3 is 5.73 Å². The van der Waals surface area contributed by atoms with E-state index in [0.717, 1.165) is 6.42 Å². The monoisotopic (exact) mass is 267 g/mol. The average Bonchev–Trinajstić information content (AvgIpc) is 2.12. The van der Waals surface area contributed by atoms with Gasteiger partial charge in [0.15, 0.2) is 0 Å². The third-order valence-electron chi connectivity index (χ3n) is 2.47. The number of hydrogen-bond donors (Lipinski definition) is 1. The Hall–Kier alpha value is -0.740. The zero-order valence-electron chi connectivity index (χ0n) is 9.84. The highest BCUT2D eigenvalue weighted by atomic mass is 35.5. The predicted molar refractivity (Wildman–Crippen MR) is 64.6 cm³/mol. The molecule has 0 heterocycles. The molecule has 1 aromatic carbocycles. The van der Waals surface area contributed by atoms with E-state index in [1.54, 1.807) is 0 Å². The van der Waals surface area contributed by atoms with Crippen molar-refractivity contribution in [3.63, 3.8) is 0 Å². The highest BCUT2D eigenvalue weighted by Gasteiger charge is 2.18. The normalized spacial score (nSPS) is 12.4. The lowest BCUT2D eigenvalue weighted by molar-refractivity contribution is 0.460. The average molecular weight is 268 g/mol. The molecule has 1 atom stereocenters. The van der Waals surface area contributed by atoms with Crippen LogP contribution in [0, 0.1) is 23.4 Å². The van der Waals surface area contributed by atoms with E-state index in [9.17, 15) is 13.2 Å². The summed E-state index contributed by atoms with van der Waals surface area (Å²) in [4.78, 5) is 0. The standard InChI is InChI=1S/C12H16F3N.ClH/c1-7(2)3-4-11(16)12-9(14)5-8(13)6-10(12)15;/h5-7,11H,3-4,16H2,1-2H3;1H/t11-;/m1./s1. The van der Waals surface area contributed by atoms with Crippen molar-refractivity contribution in [3.8, 4) is 0 Å². The molecule has 2 N–H and O–H groups in total. The summed E-state index contributed by atoms with van der Waals surface area (Å²) in [5.41, 5.74) is 5.47. The van der Waals surface area contributed by atoms with Crippen molar-refractivity contribution in [2.75, 3.05) is 0 Å². The van der Waals surface area contributed by atoms with Crippen molar-refractivity contribution >= 4 is 12.4 Å². The van der Waals surface area contributed by atoms with Crippen LogP contribution in [-0.2, 0) is 0 Å². The minimum Gasteiger partial charge on any atom is -0.324 e. The van der Waals surface area contributed by atoms with Crippen LogP contribution in [0.15, 0.2) is 12.1 Å². The Morgan fingerprint density at radius 3 is 1.94 bits per heavy atom. The summed E-state index contributed by atoms with van der Waals surface area (Å²) in [6.07, 6.45) is 1.26. The fourth-order valence-corrected chi connectivity index (χ4v) is 1.56. The molecular formula is C12H17ClF3N.